The molecule has 1 heterocycles. The van der Waals surface area contributed by atoms with Gasteiger partial charge >= 0.3 is 0 Å². The van der Waals surface area contributed by atoms with Crippen LogP contribution in [0.2, 0.25) is 0 Å². The minimum Gasteiger partial charge on any atom is -0.228 e. The molecule has 1 aromatic heterocycles. The Morgan fingerprint density at radius 2 is 0.700 bits per heavy atom. The molecule has 234 valence electrons. The van der Waals surface area contributed by atoms with Crippen molar-refractivity contribution in [2.45, 2.75) is 0 Å². The fourth-order valence-electron chi connectivity index (χ4n) is 6.90. The molecule has 2 heteroatoms. The van der Waals surface area contributed by atoms with Gasteiger partial charge in [0.2, 0.25) is 0 Å². The topological polar surface area (TPSA) is 25.8 Å². The van der Waals surface area contributed by atoms with Gasteiger partial charge in [0.15, 0.2) is 5.82 Å². The molecular weight excluding hydrogens is 605 g/mol. The number of fused-ring (bicyclic) bond motifs is 2. The van der Waals surface area contributed by atoms with E-state index in [1.807, 2.05) is 36.4 Å². The minimum atomic E-state index is 0.720. The fourth-order valence-corrected chi connectivity index (χ4v) is 6.90. The van der Waals surface area contributed by atoms with E-state index in [1.165, 1.54) is 54.9 Å². The average molecular weight is 637 g/mol. The lowest BCUT2D eigenvalue weighted by molar-refractivity contribution is 1.18. The van der Waals surface area contributed by atoms with E-state index < -0.39 is 0 Å². The zero-order valence-electron chi connectivity index (χ0n) is 27.4. The SMILES string of the molecule is c1ccc(-c2cc(-c3ccc(-c4ccc(-c5ccc(-c6ccc7ccccc7c6)cc5)c5ccccc45)cc3)nc(-c3ccccc3)n2)cc1. The maximum atomic E-state index is 5.02. The van der Waals surface area contributed by atoms with Gasteiger partial charge in [0.25, 0.3) is 0 Å². The molecule has 0 aliphatic heterocycles. The lowest BCUT2D eigenvalue weighted by Gasteiger charge is -2.14. The molecule has 0 spiro atoms. The number of hydrogen-bond donors (Lipinski definition) is 0. The van der Waals surface area contributed by atoms with Crippen LogP contribution in [0, 0.1) is 0 Å². The highest BCUT2D eigenvalue weighted by atomic mass is 14.9. The first kappa shape index (κ1) is 29.5. The smallest absolute Gasteiger partial charge is 0.160 e. The van der Waals surface area contributed by atoms with Gasteiger partial charge in [0.1, 0.15) is 0 Å². The third-order valence-electron chi connectivity index (χ3n) is 9.52. The van der Waals surface area contributed by atoms with E-state index in [-0.39, 0.29) is 0 Å². The first-order chi connectivity index (χ1) is 24.8. The highest BCUT2D eigenvalue weighted by Gasteiger charge is 2.13. The lowest BCUT2D eigenvalue weighted by atomic mass is 9.91. The van der Waals surface area contributed by atoms with Crippen molar-refractivity contribution in [2.24, 2.45) is 0 Å². The summed E-state index contributed by atoms with van der Waals surface area (Å²) in [5.41, 5.74) is 12.2. The van der Waals surface area contributed by atoms with Crippen LogP contribution in [0.25, 0.3) is 88.8 Å². The lowest BCUT2D eigenvalue weighted by Crippen LogP contribution is -1.95. The molecule has 50 heavy (non-hydrogen) atoms. The molecule has 0 fully saturated rings. The van der Waals surface area contributed by atoms with Crippen molar-refractivity contribution in [3.05, 3.63) is 194 Å². The molecule has 0 N–H and O–H groups in total. The van der Waals surface area contributed by atoms with Crippen molar-refractivity contribution in [1.29, 1.82) is 0 Å². The Hall–Kier alpha value is -6.64. The Morgan fingerprint density at radius 1 is 0.260 bits per heavy atom. The second-order valence-electron chi connectivity index (χ2n) is 12.6. The van der Waals surface area contributed by atoms with Crippen LogP contribution in [0.15, 0.2) is 194 Å². The summed E-state index contributed by atoms with van der Waals surface area (Å²) in [6.07, 6.45) is 0. The second-order valence-corrected chi connectivity index (χ2v) is 12.6. The quantitative estimate of drug-likeness (QED) is 0.181. The third kappa shape index (κ3) is 5.63. The van der Waals surface area contributed by atoms with Crippen LogP contribution in [0.4, 0.5) is 0 Å². The molecule has 2 nitrogen and oxygen atoms in total. The van der Waals surface area contributed by atoms with Gasteiger partial charge in [-0.05, 0) is 67.1 Å². The summed E-state index contributed by atoms with van der Waals surface area (Å²) in [6, 6.07) is 68.8. The largest absolute Gasteiger partial charge is 0.228 e. The van der Waals surface area contributed by atoms with Crippen molar-refractivity contribution in [3.8, 4) is 67.3 Å². The van der Waals surface area contributed by atoms with Gasteiger partial charge in [-0.3, -0.25) is 0 Å². The van der Waals surface area contributed by atoms with Crippen LogP contribution < -0.4 is 0 Å². The zero-order chi connectivity index (χ0) is 33.3. The molecule has 0 unspecified atom stereocenters. The first-order valence-corrected chi connectivity index (χ1v) is 17.0. The van der Waals surface area contributed by atoms with Crippen molar-refractivity contribution in [3.63, 3.8) is 0 Å². The van der Waals surface area contributed by atoms with E-state index in [1.54, 1.807) is 0 Å². The van der Waals surface area contributed by atoms with Crippen molar-refractivity contribution in [2.75, 3.05) is 0 Å². The number of benzene rings is 8. The van der Waals surface area contributed by atoms with E-state index in [4.69, 9.17) is 9.97 Å². The number of hydrogen-bond acceptors (Lipinski definition) is 2. The van der Waals surface area contributed by atoms with Crippen LogP contribution in [-0.2, 0) is 0 Å². The van der Waals surface area contributed by atoms with Gasteiger partial charge in [-0.25, -0.2) is 9.97 Å². The monoisotopic (exact) mass is 636 g/mol. The van der Waals surface area contributed by atoms with Crippen molar-refractivity contribution in [1.82, 2.24) is 9.97 Å². The fraction of sp³-hybridized carbons (Fsp3) is 0. The molecule has 8 aromatic carbocycles. The van der Waals surface area contributed by atoms with Gasteiger partial charge in [0.05, 0.1) is 11.4 Å². The van der Waals surface area contributed by atoms with E-state index in [0.717, 1.165) is 33.9 Å². The van der Waals surface area contributed by atoms with Crippen molar-refractivity contribution >= 4 is 21.5 Å². The van der Waals surface area contributed by atoms with Crippen LogP contribution >= 0.6 is 0 Å². The molecule has 0 atom stereocenters. The summed E-state index contributed by atoms with van der Waals surface area (Å²) in [7, 11) is 0. The molecule has 0 amide bonds. The molecule has 0 aliphatic rings. The Kier molecular flexibility index (Phi) is 7.53. The van der Waals surface area contributed by atoms with Gasteiger partial charge in [-0.15, -0.1) is 0 Å². The number of rotatable bonds is 6. The van der Waals surface area contributed by atoms with Gasteiger partial charge < -0.3 is 0 Å². The van der Waals surface area contributed by atoms with E-state index in [2.05, 4.69) is 158 Å². The highest BCUT2D eigenvalue weighted by molar-refractivity contribution is 6.05. The molecule has 0 saturated heterocycles. The summed E-state index contributed by atoms with van der Waals surface area (Å²) in [4.78, 5) is 9.98. The van der Waals surface area contributed by atoms with Gasteiger partial charge in [-0.1, -0.05) is 182 Å². The molecule has 0 radical (unpaired) electrons. The Morgan fingerprint density at radius 3 is 1.30 bits per heavy atom. The summed E-state index contributed by atoms with van der Waals surface area (Å²) in [5, 5.41) is 4.99. The number of nitrogens with zero attached hydrogens (tertiary/aromatic N) is 2. The Bertz CT molecular complexity index is 2550. The summed E-state index contributed by atoms with van der Waals surface area (Å²) in [6.45, 7) is 0. The predicted molar refractivity (Wildman–Crippen MR) is 210 cm³/mol. The summed E-state index contributed by atoms with van der Waals surface area (Å²) in [5.74, 6) is 0.720. The van der Waals surface area contributed by atoms with Crippen molar-refractivity contribution < 1.29 is 0 Å². The van der Waals surface area contributed by atoms with Gasteiger partial charge in [-0.2, -0.15) is 0 Å². The van der Waals surface area contributed by atoms with E-state index in [0.29, 0.717) is 0 Å². The molecule has 0 aliphatic carbocycles. The highest BCUT2D eigenvalue weighted by Crippen LogP contribution is 2.37. The van der Waals surface area contributed by atoms with E-state index in [9.17, 15) is 0 Å². The third-order valence-corrected chi connectivity index (χ3v) is 9.52. The van der Waals surface area contributed by atoms with Crippen LogP contribution in [0.5, 0.6) is 0 Å². The Balaban J connectivity index is 1.06. The normalized spacial score (nSPS) is 11.2. The van der Waals surface area contributed by atoms with Crippen LogP contribution in [0.3, 0.4) is 0 Å². The van der Waals surface area contributed by atoms with Crippen LogP contribution in [-0.4, -0.2) is 9.97 Å². The standard InChI is InChI=1S/C48H32N2/c1-3-12-37(13-4-1)46-32-47(50-48(49-46)39-14-5-2-6-15-39)38-26-24-36(25-27-38)43-30-29-42(44-17-9-10-18-45(43)44)35-22-19-34(20-23-35)41-28-21-33-11-7-8-16-40(33)31-41/h1-32H. The molecule has 0 saturated carbocycles. The summed E-state index contributed by atoms with van der Waals surface area (Å²) >= 11 is 0. The molecule has 9 rings (SSSR count). The predicted octanol–water partition coefficient (Wildman–Crippen LogP) is 12.8. The zero-order valence-corrected chi connectivity index (χ0v) is 27.4. The molecule has 9 aromatic rings. The first-order valence-electron chi connectivity index (χ1n) is 17.0. The number of aromatic nitrogens is 2. The minimum absolute atomic E-state index is 0.720. The summed E-state index contributed by atoms with van der Waals surface area (Å²) < 4.78 is 0. The average Bonchev–Trinajstić information content (AvgIpc) is 3.21. The molecular formula is C48H32N2. The maximum absolute atomic E-state index is 5.02. The maximum Gasteiger partial charge on any atom is 0.160 e. The molecule has 0 bridgehead atoms. The van der Waals surface area contributed by atoms with E-state index >= 15 is 0 Å². The Labute approximate surface area is 292 Å². The van der Waals surface area contributed by atoms with Crippen LogP contribution in [0.1, 0.15) is 0 Å². The van der Waals surface area contributed by atoms with Gasteiger partial charge in [0, 0.05) is 16.7 Å². The second kappa shape index (κ2) is 12.8.